The van der Waals surface area contributed by atoms with Gasteiger partial charge in [0, 0.05) is 19.7 Å². The molecular weight excluding hydrogens is 230 g/mol. The number of likely N-dealkylation sites (tertiary alicyclic amines) is 1. The average molecular weight is 255 g/mol. The molecule has 0 aromatic heterocycles. The molecule has 0 spiro atoms. The fraction of sp³-hybridized carbons (Fsp3) is 0.929. The number of hydrogen-bond acceptors (Lipinski definition) is 4. The molecule has 0 aromatic rings. The van der Waals surface area contributed by atoms with Gasteiger partial charge in [-0.25, -0.2) is 0 Å². The molecule has 2 heterocycles. The van der Waals surface area contributed by atoms with Crippen molar-refractivity contribution in [2.24, 2.45) is 5.92 Å². The molecule has 2 unspecified atom stereocenters. The molecule has 104 valence electrons. The third kappa shape index (κ3) is 3.95. The fourth-order valence-corrected chi connectivity index (χ4v) is 2.91. The van der Waals surface area contributed by atoms with Crippen LogP contribution < -0.4 is 0 Å². The average Bonchev–Trinajstić information content (AvgIpc) is 2.90. The molecule has 0 aliphatic carbocycles. The predicted octanol–water partition coefficient (Wildman–Crippen LogP) is 1.83. The molecular formula is C14H25NO3. The van der Waals surface area contributed by atoms with E-state index in [1.165, 1.54) is 12.8 Å². The van der Waals surface area contributed by atoms with Crippen molar-refractivity contribution in [1.29, 1.82) is 0 Å². The van der Waals surface area contributed by atoms with E-state index in [2.05, 4.69) is 4.90 Å². The Balaban J connectivity index is 1.70. The van der Waals surface area contributed by atoms with Crippen LogP contribution in [0.1, 0.15) is 39.0 Å². The second-order valence-electron chi connectivity index (χ2n) is 5.32. The lowest BCUT2D eigenvalue weighted by Crippen LogP contribution is -2.40. The van der Waals surface area contributed by atoms with Crippen LogP contribution in [-0.4, -0.2) is 49.8 Å². The molecule has 2 aliphatic rings. The van der Waals surface area contributed by atoms with Gasteiger partial charge in [-0.05, 0) is 45.6 Å². The van der Waals surface area contributed by atoms with Gasteiger partial charge in [0.15, 0.2) is 0 Å². The first-order chi connectivity index (χ1) is 8.79. The highest BCUT2D eigenvalue weighted by molar-refractivity contribution is 5.72. The van der Waals surface area contributed by atoms with Gasteiger partial charge in [-0.15, -0.1) is 0 Å². The van der Waals surface area contributed by atoms with Crippen molar-refractivity contribution in [3.8, 4) is 0 Å². The highest BCUT2D eigenvalue weighted by Gasteiger charge is 2.27. The molecule has 2 rings (SSSR count). The third-order valence-electron chi connectivity index (χ3n) is 3.92. The van der Waals surface area contributed by atoms with Crippen molar-refractivity contribution in [1.82, 2.24) is 4.90 Å². The molecule has 0 N–H and O–H groups in total. The van der Waals surface area contributed by atoms with Crippen LogP contribution >= 0.6 is 0 Å². The van der Waals surface area contributed by atoms with Crippen LogP contribution in [0.3, 0.4) is 0 Å². The summed E-state index contributed by atoms with van der Waals surface area (Å²) in [6.07, 6.45) is 6.05. The lowest BCUT2D eigenvalue weighted by molar-refractivity contribution is -0.149. The normalized spacial score (nSPS) is 29.4. The summed E-state index contributed by atoms with van der Waals surface area (Å²) in [5.74, 6) is 0.0718. The van der Waals surface area contributed by atoms with E-state index in [4.69, 9.17) is 9.47 Å². The Morgan fingerprint density at radius 1 is 1.39 bits per heavy atom. The van der Waals surface area contributed by atoms with Gasteiger partial charge in [0.05, 0.1) is 18.6 Å². The quantitative estimate of drug-likeness (QED) is 0.703. The van der Waals surface area contributed by atoms with Crippen molar-refractivity contribution in [2.45, 2.75) is 45.1 Å². The van der Waals surface area contributed by atoms with Crippen molar-refractivity contribution in [3.63, 3.8) is 0 Å². The number of carbonyl (C=O) groups excluding carboxylic acids is 1. The van der Waals surface area contributed by atoms with E-state index >= 15 is 0 Å². The second-order valence-corrected chi connectivity index (χ2v) is 5.32. The molecule has 2 fully saturated rings. The maximum Gasteiger partial charge on any atom is 0.310 e. The predicted molar refractivity (Wildman–Crippen MR) is 69.4 cm³/mol. The third-order valence-corrected chi connectivity index (χ3v) is 3.92. The largest absolute Gasteiger partial charge is 0.466 e. The molecule has 4 heteroatoms. The minimum absolute atomic E-state index is 0.0145. The molecule has 0 bridgehead atoms. The van der Waals surface area contributed by atoms with Crippen LogP contribution in [0.5, 0.6) is 0 Å². The first-order valence-corrected chi connectivity index (χ1v) is 7.30. The molecule has 4 nitrogen and oxygen atoms in total. The van der Waals surface area contributed by atoms with E-state index < -0.39 is 0 Å². The van der Waals surface area contributed by atoms with Crippen LogP contribution in [0.4, 0.5) is 0 Å². The Morgan fingerprint density at radius 2 is 2.28 bits per heavy atom. The molecule has 2 atom stereocenters. The molecule has 0 saturated carbocycles. The number of rotatable bonds is 5. The molecule has 0 radical (unpaired) electrons. The van der Waals surface area contributed by atoms with Gasteiger partial charge >= 0.3 is 5.97 Å². The topological polar surface area (TPSA) is 38.8 Å². The van der Waals surface area contributed by atoms with Gasteiger partial charge in [0.25, 0.3) is 0 Å². The molecule has 2 aliphatic heterocycles. The fourth-order valence-electron chi connectivity index (χ4n) is 2.91. The molecule has 0 amide bonds. The number of ether oxygens (including phenoxy) is 2. The highest BCUT2D eigenvalue weighted by atomic mass is 16.5. The van der Waals surface area contributed by atoms with E-state index in [0.717, 1.165) is 45.5 Å². The summed E-state index contributed by atoms with van der Waals surface area (Å²) in [5, 5.41) is 0. The van der Waals surface area contributed by atoms with Gasteiger partial charge in [0.2, 0.25) is 0 Å². The second kappa shape index (κ2) is 7.10. The zero-order valence-corrected chi connectivity index (χ0v) is 11.4. The van der Waals surface area contributed by atoms with Crippen molar-refractivity contribution in [3.05, 3.63) is 0 Å². The maximum absolute atomic E-state index is 11.7. The summed E-state index contributed by atoms with van der Waals surface area (Å²) in [6.45, 7) is 6.33. The summed E-state index contributed by atoms with van der Waals surface area (Å²) in [7, 11) is 0. The van der Waals surface area contributed by atoms with Gasteiger partial charge in [-0.2, -0.15) is 0 Å². The number of piperidine rings is 1. The van der Waals surface area contributed by atoms with E-state index in [-0.39, 0.29) is 11.9 Å². The Labute approximate surface area is 110 Å². The summed E-state index contributed by atoms with van der Waals surface area (Å²) in [6, 6.07) is 0. The van der Waals surface area contributed by atoms with Crippen LogP contribution in [0.15, 0.2) is 0 Å². The summed E-state index contributed by atoms with van der Waals surface area (Å²) < 4.78 is 10.8. The van der Waals surface area contributed by atoms with E-state index in [1.54, 1.807) is 0 Å². The van der Waals surface area contributed by atoms with Gasteiger partial charge in [-0.1, -0.05) is 0 Å². The standard InChI is InChI=1S/C14H25NO3/c1-2-17-14(16)12-5-3-8-15(11-12)9-7-13-6-4-10-18-13/h12-13H,2-11H2,1H3. The minimum Gasteiger partial charge on any atom is -0.466 e. The zero-order chi connectivity index (χ0) is 12.8. The SMILES string of the molecule is CCOC(=O)C1CCCN(CCC2CCCO2)C1. The Bertz CT molecular complexity index is 264. The van der Waals surface area contributed by atoms with Gasteiger partial charge in [-0.3, -0.25) is 4.79 Å². The van der Waals surface area contributed by atoms with Gasteiger partial charge < -0.3 is 14.4 Å². The Hall–Kier alpha value is -0.610. The monoisotopic (exact) mass is 255 g/mol. The van der Waals surface area contributed by atoms with Gasteiger partial charge in [0.1, 0.15) is 0 Å². The van der Waals surface area contributed by atoms with Crippen molar-refractivity contribution >= 4 is 5.97 Å². The van der Waals surface area contributed by atoms with Crippen LogP contribution in [0, 0.1) is 5.92 Å². The van der Waals surface area contributed by atoms with Crippen molar-refractivity contribution < 1.29 is 14.3 Å². The van der Waals surface area contributed by atoms with Crippen LogP contribution in [-0.2, 0) is 14.3 Å². The van der Waals surface area contributed by atoms with E-state index in [9.17, 15) is 4.79 Å². The van der Waals surface area contributed by atoms with Crippen molar-refractivity contribution in [2.75, 3.05) is 32.8 Å². The number of esters is 1. The summed E-state index contributed by atoms with van der Waals surface area (Å²) in [5.41, 5.74) is 0. The minimum atomic E-state index is -0.0145. The maximum atomic E-state index is 11.7. The lowest BCUT2D eigenvalue weighted by atomic mass is 9.98. The smallest absolute Gasteiger partial charge is 0.310 e. The first kappa shape index (κ1) is 13.8. The molecule has 18 heavy (non-hydrogen) atoms. The number of hydrogen-bond donors (Lipinski definition) is 0. The molecule has 2 saturated heterocycles. The summed E-state index contributed by atoms with van der Waals surface area (Å²) in [4.78, 5) is 14.1. The highest BCUT2D eigenvalue weighted by Crippen LogP contribution is 2.20. The van der Waals surface area contributed by atoms with Crippen LogP contribution in [0.2, 0.25) is 0 Å². The first-order valence-electron chi connectivity index (χ1n) is 7.30. The Morgan fingerprint density at radius 3 is 3.00 bits per heavy atom. The zero-order valence-electron chi connectivity index (χ0n) is 11.4. The van der Waals surface area contributed by atoms with E-state index in [0.29, 0.717) is 12.7 Å². The summed E-state index contributed by atoms with van der Waals surface area (Å²) >= 11 is 0. The molecule has 0 aromatic carbocycles. The number of nitrogens with zero attached hydrogens (tertiary/aromatic N) is 1. The van der Waals surface area contributed by atoms with E-state index in [1.807, 2.05) is 6.92 Å². The Kier molecular flexibility index (Phi) is 5.45. The lowest BCUT2D eigenvalue weighted by Gasteiger charge is -2.31. The van der Waals surface area contributed by atoms with Crippen LogP contribution in [0.25, 0.3) is 0 Å². The number of carbonyl (C=O) groups is 1.